The van der Waals surface area contributed by atoms with Gasteiger partial charge < -0.3 is 9.80 Å². The van der Waals surface area contributed by atoms with Crippen molar-refractivity contribution in [2.45, 2.75) is 30.2 Å². The maximum atomic E-state index is 13.2. The van der Waals surface area contributed by atoms with Gasteiger partial charge >= 0.3 is 0 Å². The summed E-state index contributed by atoms with van der Waals surface area (Å²) in [5.74, 6) is -0.235. The van der Waals surface area contributed by atoms with E-state index >= 15 is 0 Å². The van der Waals surface area contributed by atoms with Gasteiger partial charge in [0.15, 0.2) is 9.84 Å². The number of nitrogens with zero attached hydrogens (tertiary/aromatic N) is 3. The SMILES string of the molecule is O=C1CC[C@H](N2CCN(c3ccc(F)cc3)CC2)CCN1CCS(=O)(=O)c1ccccc1. The van der Waals surface area contributed by atoms with Crippen LogP contribution >= 0.6 is 0 Å². The zero-order valence-electron chi connectivity index (χ0n) is 18.2. The lowest BCUT2D eigenvalue weighted by molar-refractivity contribution is -0.130. The van der Waals surface area contributed by atoms with Crippen molar-refractivity contribution in [3.05, 3.63) is 60.4 Å². The van der Waals surface area contributed by atoms with E-state index in [-0.39, 0.29) is 24.0 Å². The minimum Gasteiger partial charge on any atom is -0.369 e. The number of hydrogen-bond donors (Lipinski definition) is 0. The fraction of sp³-hybridized carbons (Fsp3) is 0.458. The van der Waals surface area contributed by atoms with Gasteiger partial charge in [0, 0.05) is 57.4 Å². The Morgan fingerprint density at radius 2 is 1.56 bits per heavy atom. The summed E-state index contributed by atoms with van der Waals surface area (Å²) in [5.41, 5.74) is 1.04. The van der Waals surface area contributed by atoms with Gasteiger partial charge in [0.2, 0.25) is 5.91 Å². The first-order valence-corrected chi connectivity index (χ1v) is 12.9. The fourth-order valence-electron chi connectivity index (χ4n) is 4.60. The molecule has 6 nitrogen and oxygen atoms in total. The van der Waals surface area contributed by atoms with E-state index in [4.69, 9.17) is 0 Å². The van der Waals surface area contributed by atoms with E-state index in [1.165, 1.54) is 12.1 Å². The van der Waals surface area contributed by atoms with Crippen molar-refractivity contribution in [3.8, 4) is 0 Å². The first-order chi connectivity index (χ1) is 15.4. The van der Waals surface area contributed by atoms with Crippen LogP contribution in [0.2, 0.25) is 0 Å². The number of piperazine rings is 1. The Bertz CT molecular complexity index is 1010. The molecule has 0 radical (unpaired) electrons. The number of likely N-dealkylation sites (tertiary alicyclic amines) is 1. The van der Waals surface area contributed by atoms with Gasteiger partial charge in [-0.25, -0.2) is 12.8 Å². The van der Waals surface area contributed by atoms with E-state index < -0.39 is 9.84 Å². The molecule has 8 heteroatoms. The van der Waals surface area contributed by atoms with Gasteiger partial charge in [-0.05, 0) is 49.2 Å². The van der Waals surface area contributed by atoms with Crippen LogP contribution in [0, 0.1) is 5.82 Å². The van der Waals surface area contributed by atoms with Gasteiger partial charge in [-0.3, -0.25) is 9.69 Å². The molecule has 2 saturated heterocycles. The largest absolute Gasteiger partial charge is 0.369 e. The lowest BCUT2D eigenvalue weighted by Gasteiger charge is -2.40. The monoisotopic (exact) mass is 459 g/mol. The average Bonchev–Trinajstić information content (AvgIpc) is 3.00. The lowest BCUT2D eigenvalue weighted by atomic mass is 10.1. The van der Waals surface area contributed by atoms with Crippen molar-refractivity contribution in [1.82, 2.24) is 9.80 Å². The van der Waals surface area contributed by atoms with Crippen LogP contribution in [-0.4, -0.2) is 75.2 Å². The number of benzene rings is 2. The molecule has 1 atom stereocenters. The average molecular weight is 460 g/mol. The second-order valence-corrected chi connectivity index (χ2v) is 10.6. The number of carbonyl (C=O) groups excluding carboxylic acids is 1. The molecular formula is C24H30FN3O3S. The second-order valence-electron chi connectivity index (χ2n) is 8.49. The molecule has 2 aromatic carbocycles. The van der Waals surface area contributed by atoms with Crippen molar-refractivity contribution < 1.29 is 17.6 Å². The molecule has 2 aliphatic rings. The molecule has 2 aromatic rings. The highest BCUT2D eigenvalue weighted by Gasteiger charge is 2.29. The van der Waals surface area contributed by atoms with Gasteiger partial charge in [0.1, 0.15) is 5.82 Å². The topological polar surface area (TPSA) is 60.9 Å². The summed E-state index contributed by atoms with van der Waals surface area (Å²) in [6, 6.07) is 15.3. The van der Waals surface area contributed by atoms with Crippen molar-refractivity contribution in [3.63, 3.8) is 0 Å². The molecule has 172 valence electrons. The molecule has 0 bridgehead atoms. The molecular weight excluding hydrogens is 429 g/mol. The van der Waals surface area contributed by atoms with E-state index in [1.807, 2.05) is 12.1 Å². The Kier molecular flexibility index (Phi) is 7.10. The van der Waals surface area contributed by atoms with E-state index in [2.05, 4.69) is 9.80 Å². The number of carbonyl (C=O) groups is 1. The van der Waals surface area contributed by atoms with Gasteiger partial charge in [0.05, 0.1) is 10.6 Å². The van der Waals surface area contributed by atoms with Crippen LogP contribution in [0.25, 0.3) is 0 Å². The zero-order chi connectivity index (χ0) is 22.6. The molecule has 2 fully saturated rings. The van der Waals surface area contributed by atoms with Crippen LogP contribution in [0.4, 0.5) is 10.1 Å². The van der Waals surface area contributed by atoms with Gasteiger partial charge in [0.25, 0.3) is 0 Å². The number of anilines is 1. The van der Waals surface area contributed by atoms with Crippen LogP contribution < -0.4 is 4.90 Å². The van der Waals surface area contributed by atoms with Crippen LogP contribution in [0.3, 0.4) is 0 Å². The summed E-state index contributed by atoms with van der Waals surface area (Å²) in [6.07, 6.45) is 2.11. The molecule has 0 saturated carbocycles. The predicted molar refractivity (Wildman–Crippen MR) is 123 cm³/mol. The normalized spacial score (nSPS) is 20.9. The molecule has 4 rings (SSSR count). The summed E-state index contributed by atoms with van der Waals surface area (Å²) in [4.78, 5) is 19.4. The molecule has 32 heavy (non-hydrogen) atoms. The smallest absolute Gasteiger partial charge is 0.222 e. The summed E-state index contributed by atoms with van der Waals surface area (Å²) in [5, 5.41) is 0. The Labute approximate surface area is 189 Å². The highest BCUT2D eigenvalue weighted by molar-refractivity contribution is 7.91. The molecule has 0 aromatic heterocycles. The number of halogens is 1. The number of amides is 1. The lowest BCUT2D eigenvalue weighted by Crippen LogP contribution is -2.50. The quantitative estimate of drug-likeness (QED) is 0.665. The van der Waals surface area contributed by atoms with Crippen molar-refractivity contribution >= 4 is 21.4 Å². The maximum absolute atomic E-state index is 13.2. The maximum Gasteiger partial charge on any atom is 0.222 e. The molecule has 0 unspecified atom stereocenters. The summed E-state index contributed by atoms with van der Waals surface area (Å²) < 4.78 is 38.3. The summed E-state index contributed by atoms with van der Waals surface area (Å²) in [7, 11) is -3.40. The van der Waals surface area contributed by atoms with Crippen LogP contribution in [0.15, 0.2) is 59.5 Å². The van der Waals surface area contributed by atoms with Crippen molar-refractivity contribution in [2.75, 3.05) is 49.9 Å². The number of hydrogen-bond acceptors (Lipinski definition) is 5. The second kappa shape index (κ2) is 10.0. The van der Waals surface area contributed by atoms with Crippen LogP contribution in [0.1, 0.15) is 19.3 Å². The third kappa shape index (κ3) is 5.48. The van der Waals surface area contributed by atoms with Crippen molar-refractivity contribution in [1.29, 1.82) is 0 Å². The number of rotatable bonds is 6. The predicted octanol–water partition coefficient (Wildman–Crippen LogP) is 2.80. The highest BCUT2D eigenvalue weighted by Crippen LogP contribution is 2.22. The minimum absolute atomic E-state index is 0.0423. The van der Waals surface area contributed by atoms with Gasteiger partial charge in [-0.2, -0.15) is 0 Å². The van der Waals surface area contributed by atoms with Crippen molar-refractivity contribution in [2.24, 2.45) is 0 Å². The Morgan fingerprint density at radius 1 is 0.875 bits per heavy atom. The van der Waals surface area contributed by atoms with E-state index in [9.17, 15) is 17.6 Å². The Morgan fingerprint density at radius 3 is 2.25 bits per heavy atom. The summed E-state index contributed by atoms with van der Waals surface area (Å²) in [6.45, 7) is 4.37. The zero-order valence-corrected chi connectivity index (χ0v) is 19.0. The molecule has 2 aliphatic heterocycles. The Hall–Kier alpha value is -2.45. The molecule has 0 spiro atoms. The molecule has 0 N–H and O–H groups in total. The van der Waals surface area contributed by atoms with E-state index in [1.54, 1.807) is 35.2 Å². The van der Waals surface area contributed by atoms with E-state index in [0.717, 1.165) is 44.7 Å². The number of sulfone groups is 1. The Balaban J connectivity index is 1.29. The molecule has 0 aliphatic carbocycles. The highest BCUT2D eigenvalue weighted by atomic mass is 32.2. The first-order valence-electron chi connectivity index (χ1n) is 11.2. The van der Waals surface area contributed by atoms with Crippen LogP contribution in [-0.2, 0) is 14.6 Å². The minimum atomic E-state index is -3.40. The molecule has 1 amide bonds. The first kappa shape index (κ1) is 22.7. The molecule has 2 heterocycles. The van der Waals surface area contributed by atoms with Gasteiger partial charge in [-0.15, -0.1) is 0 Å². The van der Waals surface area contributed by atoms with Gasteiger partial charge in [-0.1, -0.05) is 18.2 Å². The summed E-state index contributed by atoms with van der Waals surface area (Å²) >= 11 is 0. The third-order valence-corrected chi connectivity index (χ3v) is 8.24. The van der Waals surface area contributed by atoms with Crippen LogP contribution in [0.5, 0.6) is 0 Å². The fourth-order valence-corrected chi connectivity index (χ4v) is 5.87. The van der Waals surface area contributed by atoms with E-state index in [0.29, 0.717) is 23.9 Å². The third-order valence-electron chi connectivity index (χ3n) is 6.53. The standard InChI is InChI=1S/C24H30FN3O3S/c25-20-6-8-21(9-7-20)26-14-16-27(17-15-26)22-10-11-24(29)28(13-12-22)18-19-32(30,31)23-4-2-1-3-5-23/h1-9,22H,10-19H2/t22-/m0/s1.